The summed E-state index contributed by atoms with van der Waals surface area (Å²) in [7, 11) is -3.54. The van der Waals surface area contributed by atoms with Crippen molar-refractivity contribution >= 4 is 21.8 Å². The Balaban J connectivity index is 1.88. The van der Waals surface area contributed by atoms with Crippen LogP contribution in [-0.2, 0) is 19.6 Å². The predicted molar refractivity (Wildman–Crippen MR) is 111 cm³/mol. The maximum absolute atomic E-state index is 13.0. The fourth-order valence-electron chi connectivity index (χ4n) is 3.33. The molecule has 0 aliphatic carbocycles. The Morgan fingerprint density at radius 1 is 1.21 bits per heavy atom. The Hall–Kier alpha value is -1.97. The molecule has 9 heteroatoms. The number of sulfonamides is 1. The van der Waals surface area contributed by atoms with Gasteiger partial charge in [0, 0.05) is 6.54 Å². The van der Waals surface area contributed by atoms with E-state index in [2.05, 4.69) is 10.6 Å². The van der Waals surface area contributed by atoms with Gasteiger partial charge < -0.3 is 15.5 Å². The van der Waals surface area contributed by atoms with Gasteiger partial charge >= 0.3 is 0 Å². The van der Waals surface area contributed by atoms with Crippen LogP contribution in [0.25, 0.3) is 0 Å². The highest BCUT2D eigenvalue weighted by Crippen LogP contribution is 2.21. The zero-order valence-electron chi connectivity index (χ0n) is 17.7. The van der Waals surface area contributed by atoms with Gasteiger partial charge in [0.25, 0.3) is 5.91 Å². The zero-order valence-corrected chi connectivity index (χ0v) is 18.6. The maximum Gasteiger partial charge on any atom is 0.275 e. The zero-order chi connectivity index (χ0) is 21.6. The third kappa shape index (κ3) is 6.25. The van der Waals surface area contributed by atoms with Crippen molar-refractivity contribution in [2.75, 3.05) is 39.3 Å². The molecule has 0 spiro atoms. The minimum absolute atomic E-state index is 0.195. The molecule has 1 aromatic rings. The minimum atomic E-state index is -3.54. The highest BCUT2D eigenvalue weighted by molar-refractivity contribution is 7.89. The second-order valence-electron chi connectivity index (χ2n) is 7.68. The van der Waals surface area contributed by atoms with Gasteiger partial charge in [0.2, 0.25) is 15.9 Å². The van der Waals surface area contributed by atoms with Gasteiger partial charge in [0.15, 0.2) is 6.54 Å². The summed E-state index contributed by atoms with van der Waals surface area (Å²) in [5, 5.41) is 5.47. The van der Waals surface area contributed by atoms with Crippen LogP contribution in [0, 0.1) is 13.8 Å². The lowest BCUT2D eigenvalue weighted by molar-refractivity contribution is -0.895. The molecule has 3 N–H and O–H groups in total. The molecule has 2 amide bonds. The molecule has 1 fully saturated rings. The van der Waals surface area contributed by atoms with Crippen molar-refractivity contribution in [3.8, 4) is 0 Å². The Morgan fingerprint density at radius 2 is 1.86 bits per heavy atom. The number of aryl methyl sites for hydroxylation is 2. The first kappa shape index (κ1) is 23.3. The van der Waals surface area contributed by atoms with Crippen molar-refractivity contribution in [2.45, 2.75) is 45.1 Å². The van der Waals surface area contributed by atoms with E-state index in [0.29, 0.717) is 37.6 Å². The topological polar surface area (TPSA) is 100 Å². The van der Waals surface area contributed by atoms with Crippen LogP contribution < -0.4 is 15.5 Å². The van der Waals surface area contributed by atoms with Gasteiger partial charge in [0.1, 0.15) is 6.04 Å². The molecule has 1 aromatic carbocycles. The van der Waals surface area contributed by atoms with Crippen LogP contribution >= 0.6 is 0 Å². The molecule has 0 radical (unpaired) electrons. The Morgan fingerprint density at radius 3 is 2.48 bits per heavy atom. The smallest absolute Gasteiger partial charge is 0.275 e. The molecule has 0 unspecified atom stereocenters. The molecule has 162 valence electrons. The number of piperazine rings is 1. The highest BCUT2D eigenvalue weighted by Gasteiger charge is 2.32. The molecule has 1 saturated heterocycles. The van der Waals surface area contributed by atoms with Crippen molar-refractivity contribution in [3.05, 3.63) is 29.3 Å². The van der Waals surface area contributed by atoms with Crippen LogP contribution in [0.4, 0.5) is 0 Å². The second-order valence-corrected chi connectivity index (χ2v) is 9.59. The lowest BCUT2D eigenvalue weighted by atomic mass is 10.2. The summed E-state index contributed by atoms with van der Waals surface area (Å²) in [4.78, 5) is 25.5. The van der Waals surface area contributed by atoms with E-state index in [1.165, 1.54) is 4.31 Å². The van der Waals surface area contributed by atoms with Gasteiger partial charge in [-0.2, -0.15) is 4.31 Å². The fourth-order valence-corrected chi connectivity index (χ4v) is 5.08. The summed E-state index contributed by atoms with van der Waals surface area (Å²) in [5.74, 6) is -0.398. The van der Waals surface area contributed by atoms with Crippen LogP contribution in [0.15, 0.2) is 23.1 Å². The molecule has 8 nitrogen and oxygen atoms in total. The number of nitrogens with zero attached hydrogens (tertiary/aromatic N) is 1. The average Bonchev–Trinajstić information content (AvgIpc) is 2.68. The number of benzene rings is 1. The standard InChI is InChI=1S/C20H32N4O4S/c1-5-8-21-20(26)17(4)22-19(25)14-23-9-11-24(12-10-23)29(27,28)18-13-15(2)6-7-16(18)3/h6-7,13,17H,5,8-12,14H2,1-4H3,(H,21,26)(H,22,25)/p+1/t17-/m1/s1. The second kappa shape index (κ2) is 10.2. The molecule has 0 saturated carbocycles. The van der Waals surface area contributed by atoms with Crippen LogP contribution in [-0.4, -0.2) is 69.8 Å². The average molecular weight is 426 g/mol. The summed E-state index contributed by atoms with van der Waals surface area (Å²) in [6, 6.07) is 4.85. The monoisotopic (exact) mass is 425 g/mol. The Labute approximate surface area is 173 Å². The molecule has 1 aliphatic rings. The first-order valence-electron chi connectivity index (χ1n) is 10.1. The van der Waals surface area contributed by atoms with Crippen LogP contribution in [0.1, 0.15) is 31.4 Å². The van der Waals surface area contributed by atoms with Crippen LogP contribution in [0.5, 0.6) is 0 Å². The molecule has 1 aliphatic heterocycles. The van der Waals surface area contributed by atoms with Crippen molar-refractivity contribution in [2.24, 2.45) is 0 Å². The van der Waals surface area contributed by atoms with Crippen molar-refractivity contribution in [1.82, 2.24) is 14.9 Å². The quantitative estimate of drug-likeness (QED) is 0.509. The summed E-state index contributed by atoms with van der Waals surface area (Å²) >= 11 is 0. The maximum atomic E-state index is 13.0. The molecule has 29 heavy (non-hydrogen) atoms. The van der Waals surface area contributed by atoms with Gasteiger partial charge in [0.05, 0.1) is 31.1 Å². The van der Waals surface area contributed by atoms with Crippen LogP contribution in [0.2, 0.25) is 0 Å². The predicted octanol–water partition coefficient (Wildman–Crippen LogP) is -0.776. The van der Waals surface area contributed by atoms with E-state index >= 15 is 0 Å². The lowest BCUT2D eigenvalue weighted by Gasteiger charge is -2.31. The molecule has 0 aromatic heterocycles. The van der Waals surface area contributed by atoms with E-state index in [-0.39, 0.29) is 18.4 Å². The van der Waals surface area contributed by atoms with Gasteiger partial charge in [-0.05, 0) is 44.4 Å². The number of carbonyl (C=O) groups excluding carboxylic acids is 2. The largest absolute Gasteiger partial charge is 0.354 e. The third-order valence-corrected chi connectivity index (χ3v) is 7.16. The molecular formula is C20H33N4O4S+. The molecular weight excluding hydrogens is 392 g/mol. The first-order chi connectivity index (χ1) is 13.6. The third-order valence-electron chi connectivity index (χ3n) is 5.12. The number of nitrogens with one attached hydrogen (secondary N) is 3. The van der Waals surface area contributed by atoms with Gasteiger partial charge in [-0.15, -0.1) is 0 Å². The summed E-state index contributed by atoms with van der Waals surface area (Å²) in [5.41, 5.74) is 1.65. The van der Waals surface area contributed by atoms with Gasteiger partial charge in [-0.3, -0.25) is 9.59 Å². The van der Waals surface area contributed by atoms with Gasteiger partial charge in [-0.25, -0.2) is 8.42 Å². The van der Waals surface area contributed by atoms with Crippen molar-refractivity contribution in [1.29, 1.82) is 0 Å². The molecule has 1 atom stereocenters. The Kier molecular flexibility index (Phi) is 8.18. The molecule has 2 rings (SSSR count). The fraction of sp³-hybridized carbons (Fsp3) is 0.600. The Bertz CT molecular complexity index is 833. The van der Waals surface area contributed by atoms with E-state index in [1.807, 2.05) is 26.0 Å². The summed E-state index contributed by atoms with van der Waals surface area (Å²) < 4.78 is 27.5. The molecule has 1 heterocycles. The van der Waals surface area contributed by atoms with Crippen LogP contribution in [0.3, 0.4) is 0 Å². The number of hydrogen-bond donors (Lipinski definition) is 3. The first-order valence-corrected chi connectivity index (χ1v) is 11.6. The number of hydrogen-bond acceptors (Lipinski definition) is 4. The number of rotatable bonds is 8. The normalized spacial score (nSPS) is 17.0. The SMILES string of the molecule is CCCNC(=O)[C@@H](C)NC(=O)C[NH+]1CCN(S(=O)(=O)c2cc(C)ccc2C)CC1. The van der Waals surface area contributed by atoms with E-state index < -0.39 is 16.1 Å². The van der Waals surface area contributed by atoms with E-state index in [1.54, 1.807) is 19.9 Å². The number of amides is 2. The number of quaternary nitrogens is 1. The summed E-state index contributed by atoms with van der Waals surface area (Å²) in [6.45, 7) is 9.94. The van der Waals surface area contributed by atoms with Crippen molar-refractivity contribution in [3.63, 3.8) is 0 Å². The van der Waals surface area contributed by atoms with E-state index in [4.69, 9.17) is 0 Å². The highest BCUT2D eigenvalue weighted by atomic mass is 32.2. The lowest BCUT2D eigenvalue weighted by Crippen LogP contribution is -3.15. The summed E-state index contributed by atoms with van der Waals surface area (Å²) in [6.07, 6.45) is 0.839. The van der Waals surface area contributed by atoms with E-state index in [0.717, 1.165) is 22.4 Å². The van der Waals surface area contributed by atoms with Gasteiger partial charge in [-0.1, -0.05) is 19.1 Å². The minimum Gasteiger partial charge on any atom is -0.354 e. The van der Waals surface area contributed by atoms with E-state index in [9.17, 15) is 18.0 Å². The molecule has 0 bridgehead atoms. The van der Waals surface area contributed by atoms with Crippen molar-refractivity contribution < 1.29 is 22.9 Å². The number of carbonyl (C=O) groups is 2.